The molecule has 2 saturated heterocycles. The smallest absolute Gasteiger partial charge is 0.223 e. The number of carbonyl (C=O) groups excluding carboxylic acids is 2. The van der Waals surface area contributed by atoms with Crippen LogP contribution in [-0.2, 0) is 16.1 Å². The molecular weight excluding hydrogens is 314 g/mol. The summed E-state index contributed by atoms with van der Waals surface area (Å²) >= 11 is 0. The molecule has 0 spiro atoms. The minimum absolute atomic E-state index is 0.0653. The van der Waals surface area contributed by atoms with Crippen LogP contribution in [0.3, 0.4) is 0 Å². The maximum absolute atomic E-state index is 12.8. The highest BCUT2D eigenvalue weighted by molar-refractivity contribution is 8.17. The highest BCUT2D eigenvalue weighted by atomic mass is 32.2. The second-order valence-corrected chi connectivity index (χ2v) is 8.13. The lowest BCUT2D eigenvalue weighted by atomic mass is 10.1. The SMILES string of the molecule is Cc1cc(CN2C(=O)CCC2C(=O)C(C#N)=S2CCCC2)on1. The van der Waals surface area contributed by atoms with Gasteiger partial charge in [-0.15, -0.1) is 0 Å². The van der Waals surface area contributed by atoms with Crippen molar-refractivity contribution in [3.8, 4) is 6.07 Å². The average molecular weight is 333 g/mol. The van der Waals surface area contributed by atoms with E-state index in [9.17, 15) is 14.9 Å². The predicted octanol–water partition coefficient (Wildman–Crippen LogP) is 1.80. The summed E-state index contributed by atoms with van der Waals surface area (Å²) in [6, 6.07) is 3.36. The fourth-order valence-electron chi connectivity index (χ4n) is 3.14. The van der Waals surface area contributed by atoms with Gasteiger partial charge < -0.3 is 9.42 Å². The van der Waals surface area contributed by atoms with Crippen molar-refractivity contribution < 1.29 is 14.1 Å². The van der Waals surface area contributed by atoms with E-state index in [1.54, 1.807) is 11.0 Å². The summed E-state index contributed by atoms with van der Waals surface area (Å²) in [5.41, 5.74) is 0.742. The number of aryl methyl sites for hydroxylation is 1. The van der Waals surface area contributed by atoms with Gasteiger partial charge in [0.15, 0.2) is 5.76 Å². The molecule has 0 aromatic carbocycles. The van der Waals surface area contributed by atoms with Crippen molar-refractivity contribution in [2.75, 3.05) is 11.5 Å². The predicted molar refractivity (Wildman–Crippen MR) is 87.0 cm³/mol. The van der Waals surface area contributed by atoms with Gasteiger partial charge in [0.05, 0.1) is 18.3 Å². The van der Waals surface area contributed by atoms with Gasteiger partial charge in [0.2, 0.25) is 11.7 Å². The molecule has 1 amide bonds. The molecule has 1 aromatic rings. The van der Waals surface area contributed by atoms with E-state index in [1.165, 1.54) is 0 Å². The third kappa shape index (κ3) is 3.22. The monoisotopic (exact) mass is 333 g/mol. The molecule has 122 valence electrons. The number of Topliss-reactive ketones (excluding diaryl/α,β-unsaturated/α-hetero) is 1. The van der Waals surface area contributed by atoms with E-state index < -0.39 is 6.04 Å². The number of carbonyl (C=O) groups is 2. The minimum atomic E-state index is -0.532. The zero-order valence-corrected chi connectivity index (χ0v) is 13.9. The number of likely N-dealkylation sites (tertiary alicyclic amines) is 1. The first-order chi connectivity index (χ1) is 11.1. The highest BCUT2D eigenvalue weighted by Crippen LogP contribution is 2.30. The van der Waals surface area contributed by atoms with Crippen molar-refractivity contribution in [3.63, 3.8) is 0 Å². The maximum Gasteiger partial charge on any atom is 0.223 e. The Labute approximate surface area is 137 Å². The van der Waals surface area contributed by atoms with Crippen molar-refractivity contribution in [2.24, 2.45) is 0 Å². The van der Waals surface area contributed by atoms with Crippen LogP contribution in [0.25, 0.3) is 0 Å². The normalized spacial score (nSPS) is 21.7. The van der Waals surface area contributed by atoms with Gasteiger partial charge in [-0.2, -0.15) is 15.7 Å². The molecule has 2 fully saturated rings. The van der Waals surface area contributed by atoms with Crippen LogP contribution in [0.2, 0.25) is 0 Å². The highest BCUT2D eigenvalue weighted by Gasteiger charge is 2.38. The van der Waals surface area contributed by atoms with Crippen LogP contribution in [-0.4, -0.2) is 44.2 Å². The Morgan fingerprint density at radius 1 is 1.52 bits per heavy atom. The fraction of sp³-hybridized carbons (Fsp3) is 0.562. The van der Waals surface area contributed by atoms with Crippen molar-refractivity contribution in [3.05, 3.63) is 17.5 Å². The van der Waals surface area contributed by atoms with Crippen LogP contribution in [0.5, 0.6) is 0 Å². The van der Waals surface area contributed by atoms with E-state index in [2.05, 4.69) is 11.2 Å². The Kier molecular flexibility index (Phi) is 4.62. The summed E-state index contributed by atoms with van der Waals surface area (Å²) in [5.74, 6) is 2.19. The number of rotatable bonds is 4. The van der Waals surface area contributed by atoms with Crippen molar-refractivity contribution in [1.29, 1.82) is 5.26 Å². The number of aromatic nitrogens is 1. The lowest BCUT2D eigenvalue weighted by Crippen LogP contribution is -2.41. The zero-order chi connectivity index (χ0) is 16.4. The molecule has 2 aliphatic rings. The molecule has 0 bridgehead atoms. The van der Waals surface area contributed by atoms with Crippen molar-refractivity contribution in [2.45, 2.75) is 45.2 Å². The summed E-state index contributed by atoms with van der Waals surface area (Å²) in [5, 5.41) is 13.2. The topological polar surface area (TPSA) is 87.2 Å². The van der Waals surface area contributed by atoms with E-state index >= 15 is 0 Å². The molecule has 1 unspecified atom stereocenters. The second kappa shape index (κ2) is 6.67. The Balaban J connectivity index is 1.82. The Bertz CT molecular complexity index is 708. The van der Waals surface area contributed by atoms with Gasteiger partial charge in [0.1, 0.15) is 10.9 Å². The Morgan fingerprint density at radius 3 is 2.87 bits per heavy atom. The Morgan fingerprint density at radius 2 is 2.26 bits per heavy atom. The van der Waals surface area contributed by atoms with Crippen molar-refractivity contribution >= 4 is 27.0 Å². The van der Waals surface area contributed by atoms with Crippen LogP contribution < -0.4 is 0 Å². The quantitative estimate of drug-likeness (QED) is 0.784. The van der Waals surface area contributed by atoms with Crippen LogP contribution in [0, 0.1) is 18.3 Å². The first kappa shape index (κ1) is 15.9. The minimum Gasteiger partial charge on any atom is -0.359 e. The third-order valence-corrected chi connectivity index (χ3v) is 6.71. The van der Waals surface area contributed by atoms with Gasteiger partial charge in [-0.25, -0.2) is 0 Å². The maximum atomic E-state index is 12.8. The lowest BCUT2D eigenvalue weighted by Gasteiger charge is -2.22. The van der Waals surface area contributed by atoms with E-state index in [-0.39, 0.29) is 28.7 Å². The molecule has 6 nitrogen and oxygen atoms in total. The van der Waals surface area contributed by atoms with Gasteiger partial charge in [0.25, 0.3) is 0 Å². The molecule has 1 atom stereocenters. The molecular formula is C16H19N3O3S. The molecule has 7 heteroatoms. The van der Waals surface area contributed by atoms with E-state index in [1.807, 2.05) is 6.92 Å². The van der Waals surface area contributed by atoms with Crippen molar-refractivity contribution in [1.82, 2.24) is 10.1 Å². The largest absolute Gasteiger partial charge is 0.359 e. The summed E-state index contributed by atoms with van der Waals surface area (Å²) in [6.07, 6.45) is 2.97. The zero-order valence-electron chi connectivity index (χ0n) is 13.1. The number of amides is 1. The number of ketones is 1. The number of hydrogen-bond donors (Lipinski definition) is 0. The summed E-state index contributed by atoms with van der Waals surface area (Å²) in [6.45, 7) is 2.05. The third-order valence-electron chi connectivity index (χ3n) is 4.28. The van der Waals surface area contributed by atoms with Crippen LogP contribution in [0.15, 0.2) is 10.6 Å². The molecule has 3 heterocycles. The standard InChI is InChI=1S/C16H19N3O3S/c1-11-8-12(22-18-11)10-19-13(4-5-15(19)20)16(21)14(9-17)23-6-2-3-7-23/h8,13H,2-7,10H2,1H3. The molecule has 0 saturated carbocycles. The number of nitriles is 1. The van der Waals surface area contributed by atoms with E-state index in [4.69, 9.17) is 4.52 Å². The van der Waals surface area contributed by atoms with Gasteiger partial charge in [0, 0.05) is 12.5 Å². The molecule has 0 radical (unpaired) electrons. The average Bonchev–Trinajstić information content (AvgIpc) is 3.25. The second-order valence-electron chi connectivity index (χ2n) is 5.92. The summed E-state index contributed by atoms with van der Waals surface area (Å²) < 4.78 is 5.16. The van der Waals surface area contributed by atoms with Gasteiger partial charge in [-0.05, 0) is 37.7 Å². The molecule has 2 aliphatic heterocycles. The molecule has 0 N–H and O–H groups in total. The Hall–Kier alpha value is -1.94. The fourth-order valence-corrected chi connectivity index (χ4v) is 5.40. The molecule has 3 rings (SSSR count). The van der Waals surface area contributed by atoms with Gasteiger partial charge in [-0.3, -0.25) is 9.59 Å². The molecule has 0 aliphatic carbocycles. The molecule has 1 aromatic heterocycles. The summed E-state index contributed by atoms with van der Waals surface area (Å²) in [7, 11) is -0.227. The van der Waals surface area contributed by atoms with Gasteiger partial charge >= 0.3 is 0 Å². The van der Waals surface area contributed by atoms with Gasteiger partial charge in [-0.1, -0.05) is 5.16 Å². The number of nitrogens with zero attached hydrogens (tertiary/aromatic N) is 3. The van der Waals surface area contributed by atoms with E-state index in [0.29, 0.717) is 23.5 Å². The first-order valence-corrected chi connectivity index (χ1v) is 9.37. The first-order valence-electron chi connectivity index (χ1n) is 7.80. The van der Waals surface area contributed by atoms with Crippen LogP contribution in [0.4, 0.5) is 0 Å². The van der Waals surface area contributed by atoms with E-state index in [0.717, 1.165) is 30.0 Å². The van der Waals surface area contributed by atoms with Crippen LogP contribution in [0.1, 0.15) is 37.1 Å². The number of hydrogen-bond acceptors (Lipinski definition) is 5. The summed E-state index contributed by atoms with van der Waals surface area (Å²) in [4.78, 5) is 26.9. The molecule has 23 heavy (non-hydrogen) atoms. The van der Waals surface area contributed by atoms with Crippen LogP contribution >= 0.6 is 10.5 Å². The lowest BCUT2D eigenvalue weighted by molar-refractivity contribution is -0.133.